The molecule has 2 aliphatic heterocycles. The highest BCUT2D eigenvalue weighted by molar-refractivity contribution is 5.04. The van der Waals surface area contributed by atoms with Crippen molar-refractivity contribution < 1.29 is 5.11 Å². The van der Waals surface area contributed by atoms with Gasteiger partial charge in [-0.1, -0.05) is 0 Å². The molecule has 20 heavy (non-hydrogen) atoms. The van der Waals surface area contributed by atoms with Crippen LogP contribution < -0.4 is 0 Å². The summed E-state index contributed by atoms with van der Waals surface area (Å²) < 4.78 is 0. The first-order valence-corrected chi connectivity index (χ1v) is 7.75. The summed E-state index contributed by atoms with van der Waals surface area (Å²) in [7, 11) is 2.22. The van der Waals surface area contributed by atoms with Gasteiger partial charge in [0.25, 0.3) is 0 Å². The molecule has 2 atom stereocenters. The number of hydrogen-bond donors (Lipinski definition) is 2. The van der Waals surface area contributed by atoms with Crippen LogP contribution in [0, 0.1) is 5.41 Å². The van der Waals surface area contributed by atoms with Crippen molar-refractivity contribution in [3.05, 3.63) is 18.0 Å². The van der Waals surface area contributed by atoms with Crippen LogP contribution in [0.1, 0.15) is 24.8 Å². The standard InChI is InChI=1S/C15H26N4O/c1-18-6-2-4-15(12-20)5-8-19(11-14(15)18)7-3-13-9-16-17-10-13/h9-10,14,20H,2-8,11-12H2,1H3,(H,16,17)/t14-,15-/m1/s1. The summed E-state index contributed by atoms with van der Waals surface area (Å²) in [5, 5.41) is 16.8. The average Bonchev–Trinajstić information content (AvgIpc) is 2.99. The maximum Gasteiger partial charge on any atom is 0.0519 e. The lowest BCUT2D eigenvalue weighted by Gasteiger charge is -2.53. The lowest BCUT2D eigenvalue weighted by molar-refractivity contribution is -0.0664. The van der Waals surface area contributed by atoms with Crippen LogP contribution in [0.2, 0.25) is 0 Å². The highest BCUT2D eigenvalue weighted by Gasteiger charge is 2.46. The minimum Gasteiger partial charge on any atom is -0.396 e. The summed E-state index contributed by atoms with van der Waals surface area (Å²) in [6.45, 7) is 4.81. The molecular weight excluding hydrogens is 252 g/mol. The Morgan fingerprint density at radius 1 is 1.45 bits per heavy atom. The van der Waals surface area contributed by atoms with Crippen molar-refractivity contribution in [3.63, 3.8) is 0 Å². The van der Waals surface area contributed by atoms with Crippen LogP contribution in [0.5, 0.6) is 0 Å². The zero-order valence-electron chi connectivity index (χ0n) is 12.4. The normalized spacial score (nSPS) is 32.2. The minimum absolute atomic E-state index is 0.152. The number of aromatic nitrogens is 2. The van der Waals surface area contributed by atoms with E-state index in [4.69, 9.17) is 0 Å². The molecule has 2 saturated heterocycles. The van der Waals surface area contributed by atoms with Gasteiger partial charge in [0.15, 0.2) is 0 Å². The molecule has 2 fully saturated rings. The van der Waals surface area contributed by atoms with Crippen molar-refractivity contribution in [1.82, 2.24) is 20.0 Å². The van der Waals surface area contributed by atoms with Gasteiger partial charge in [-0.15, -0.1) is 0 Å². The van der Waals surface area contributed by atoms with E-state index in [1.165, 1.54) is 24.9 Å². The fourth-order valence-corrected chi connectivity index (χ4v) is 3.98. The molecule has 5 heteroatoms. The molecule has 0 aromatic carbocycles. The number of hydrogen-bond acceptors (Lipinski definition) is 4. The third-order valence-corrected chi connectivity index (χ3v) is 5.37. The Morgan fingerprint density at radius 2 is 2.35 bits per heavy atom. The van der Waals surface area contributed by atoms with Gasteiger partial charge in [0.1, 0.15) is 0 Å². The summed E-state index contributed by atoms with van der Waals surface area (Å²) in [6, 6.07) is 0.513. The summed E-state index contributed by atoms with van der Waals surface area (Å²) in [5.41, 5.74) is 1.43. The molecule has 0 bridgehead atoms. The molecule has 2 N–H and O–H groups in total. The van der Waals surface area contributed by atoms with Crippen molar-refractivity contribution in [2.24, 2.45) is 5.41 Å². The summed E-state index contributed by atoms with van der Waals surface area (Å²) in [5.74, 6) is 0. The van der Waals surface area contributed by atoms with Gasteiger partial charge in [-0.2, -0.15) is 5.10 Å². The monoisotopic (exact) mass is 278 g/mol. The van der Waals surface area contributed by atoms with Crippen molar-refractivity contribution in [2.45, 2.75) is 31.7 Å². The second-order valence-corrected chi connectivity index (χ2v) is 6.53. The van der Waals surface area contributed by atoms with Crippen LogP contribution in [0.25, 0.3) is 0 Å². The third-order valence-electron chi connectivity index (χ3n) is 5.37. The van der Waals surface area contributed by atoms with E-state index in [9.17, 15) is 5.11 Å². The van der Waals surface area contributed by atoms with Crippen molar-refractivity contribution in [2.75, 3.05) is 39.8 Å². The third kappa shape index (κ3) is 2.62. The van der Waals surface area contributed by atoms with Gasteiger partial charge in [0, 0.05) is 30.7 Å². The maximum absolute atomic E-state index is 9.90. The molecular formula is C15H26N4O. The van der Waals surface area contributed by atoms with E-state index in [1.54, 1.807) is 0 Å². The van der Waals surface area contributed by atoms with E-state index in [-0.39, 0.29) is 5.41 Å². The molecule has 112 valence electrons. The predicted octanol–water partition coefficient (Wildman–Crippen LogP) is 0.731. The van der Waals surface area contributed by atoms with Crippen molar-refractivity contribution >= 4 is 0 Å². The molecule has 1 aromatic heterocycles. The van der Waals surface area contributed by atoms with Crippen LogP contribution >= 0.6 is 0 Å². The molecule has 5 nitrogen and oxygen atoms in total. The number of rotatable bonds is 4. The molecule has 0 amide bonds. The van der Waals surface area contributed by atoms with E-state index in [0.29, 0.717) is 12.6 Å². The van der Waals surface area contributed by atoms with Crippen molar-refractivity contribution in [1.29, 1.82) is 0 Å². The van der Waals surface area contributed by atoms with E-state index < -0.39 is 0 Å². The second-order valence-electron chi connectivity index (χ2n) is 6.53. The average molecular weight is 278 g/mol. The Morgan fingerprint density at radius 3 is 3.10 bits per heavy atom. The number of aliphatic hydroxyl groups excluding tert-OH is 1. The number of aliphatic hydroxyl groups is 1. The van der Waals surface area contributed by atoms with Crippen LogP contribution in [0.3, 0.4) is 0 Å². The molecule has 0 spiro atoms. The molecule has 0 radical (unpaired) electrons. The topological polar surface area (TPSA) is 55.4 Å². The molecule has 3 rings (SSSR count). The quantitative estimate of drug-likeness (QED) is 0.852. The summed E-state index contributed by atoms with van der Waals surface area (Å²) in [4.78, 5) is 5.01. The van der Waals surface area contributed by atoms with E-state index in [1.807, 2.05) is 12.4 Å². The van der Waals surface area contributed by atoms with Gasteiger partial charge in [0.2, 0.25) is 0 Å². The number of fused-ring (bicyclic) bond motifs is 1. The lowest BCUT2D eigenvalue weighted by atomic mass is 9.69. The molecule has 0 aliphatic carbocycles. The van der Waals surface area contributed by atoms with Gasteiger partial charge < -0.3 is 14.9 Å². The first kappa shape index (κ1) is 14.0. The van der Waals surface area contributed by atoms with Gasteiger partial charge in [0.05, 0.1) is 12.8 Å². The molecule has 0 saturated carbocycles. The fraction of sp³-hybridized carbons (Fsp3) is 0.800. The molecule has 2 aliphatic rings. The molecule has 0 unspecified atom stereocenters. The SMILES string of the molecule is CN1CCC[C@]2(CO)CCN(CCc3cn[nH]c3)C[C@@H]12. The molecule has 1 aromatic rings. The fourth-order valence-electron chi connectivity index (χ4n) is 3.98. The first-order chi connectivity index (χ1) is 9.73. The Balaban J connectivity index is 1.61. The first-order valence-electron chi connectivity index (χ1n) is 7.75. The molecule has 3 heterocycles. The smallest absolute Gasteiger partial charge is 0.0519 e. The Bertz CT molecular complexity index is 422. The Labute approximate surface area is 121 Å². The highest BCUT2D eigenvalue weighted by atomic mass is 16.3. The van der Waals surface area contributed by atoms with E-state index >= 15 is 0 Å². The van der Waals surface area contributed by atoms with Crippen molar-refractivity contribution in [3.8, 4) is 0 Å². The Kier molecular flexibility index (Phi) is 4.10. The second kappa shape index (κ2) is 5.84. The number of nitrogens with zero attached hydrogens (tertiary/aromatic N) is 3. The van der Waals surface area contributed by atoms with E-state index in [0.717, 1.165) is 32.5 Å². The summed E-state index contributed by atoms with van der Waals surface area (Å²) >= 11 is 0. The number of likely N-dealkylation sites (N-methyl/N-ethyl adjacent to an activating group) is 1. The van der Waals surface area contributed by atoms with Gasteiger partial charge in [-0.25, -0.2) is 0 Å². The summed E-state index contributed by atoms with van der Waals surface area (Å²) in [6.07, 6.45) is 8.49. The van der Waals surface area contributed by atoms with Crippen LogP contribution in [-0.4, -0.2) is 71.0 Å². The van der Waals surface area contributed by atoms with Gasteiger partial charge >= 0.3 is 0 Å². The lowest BCUT2D eigenvalue weighted by Crippen LogP contribution is -2.61. The number of piperidine rings is 2. The van der Waals surface area contributed by atoms with E-state index in [2.05, 4.69) is 27.0 Å². The number of likely N-dealkylation sites (tertiary alicyclic amines) is 2. The maximum atomic E-state index is 9.90. The highest BCUT2D eigenvalue weighted by Crippen LogP contribution is 2.41. The number of aromatic amines is 1. The number of H-pyrrole nitrogens is 1. The minimum atomic E-state index is 0.152. The predicted molar refractivity (Wildman–Crippen MR) is 78.5 cm³/mol. The largest absolute Gasteiger partial charge is 0.396 e. The van der Waals surface area contributed by atoms with Crippen LogP contribution in [-0.2, 0) is 6.42 Å². The number of nitrogens with one attached hydrogen (secondary N) is 1. The zero-order valence-corrected chi connectivity index (χ0v) is 12.4. The van der Waals surface area contributed by atoms with Crippen LogP contribution in [0.15, 0.2) is 12.4 Å². The Hall–Kier alpha value is -0.910. The van der Waals surface area contributed by atoms with Crippen LogP contribution in [0.4, 0.5) is 0 Å². The van der Waals surface area contributed by atoms with Gasteiger partial charge in [-0.3, -0.25) is 5.10 Å². The zero-order chi connectivity index (χ0) is 14.0. The van der Waals surface area contributed by atoms with Gasteiger partial charge in [-0.05, 0) is 51.4 Å².